The summed E-state index contributed by atoms with van der Waals surface area (Å²) in [6, 6.07) is 13.4. The van der Waals surface area contributed by atoms with E-state index >= 15 is 0 Å². The van der Waals surface area contributed by atoms with E-state index in [0.29, 0.717) is 18.2 Å². The Hall–Kier alpha value is -1.98. The van der Waals surface area contributed by atoms with E-state index in [9.17, 15) is 0 Å². The predicted molar refractivity (Wildman–Crippen MR) is 73.9 cm³/mol. The summed E-state index contributed by atoms with van der Waals surface area (Å²) in [6.07, 6.45) is 0.659. The summed E-state index contributed by atoms with van der Waals surface area (Å²) in [5, 5.41) is 10.1. The van der Waals surface area contributed by atoms with Crippen LogP contribution in [0.1, 0.15) is 28.3 Å². The van der Waals surface area contributed by atoms with Crippen molar-refractivity contribution in [1.82, 2.24) is 10.2 Å². The van der Waals surface area contributed by atoms with Crippen molar-refractivity contribution in [2.45, 2.75) is 12.5 Å². The van der Waals surface area contributed by atoms with Crippen molar-refractivity contribution < 1.29 is 4.42 Å². The van der Waals surface area contributed by atoms with Gasteiger partial charge in [-0.05, 0) is 17.0 Å². The monoisotopic (exact) mass is 271 g/mol. The highest BCUT2D eigenvalue weighted by Gasteiger charge is 2.16. The smallest absolute Gasteiger partial charge is 0.237 e. The van der Waals surface area contributed by atoms with Gasteiger partial charge in [0.05, 0.1) is 6.42 Å². The molecular weight excluding hydrogens is 258 g/mol. The van der Waals surface area contributed by atoms with Crippen LogP contribution in [0.5, 0.6) is 0 Å². The molecule has 2 heterocycles. The molecule has 1 unspecified atom stereocenters. The van der Waals surface area contributed by atoms with Crippen LogP contribution < -0.4 is 5.73 Å². The number of nitrogens with zero attached hydrogens (tertiary/aromatic N) is 2. The van der Waals surface area contributed by atoms with E-state index in [1.165, 1.54) is 4.88 Å². The van der Waals surface area contributed by atoms with Crippen LogP contribution in [0.4, 0.5) is 0 Å². The number of thiophene rings is 1. The molecule has 5 heteroatoms. The van der Waals surface area contributed by atoms with Crippen molar-refractivity contribution in [3.8, 4) is 0 Å². The third kappa shape index (κ3) is 2.72. The molecule has 1 aromatic carbocycles. The molecule has 0 amide bonds. The first kappa shape index (κ1) is 12.1. The van der Waals surface area contributed by atoms with E-state index in [-0.39, 0.29) is 6.04 Å². The molecule has 0 aliphatic rings. The van der Waals surface area contributed by atoms with Crippen LogP contribution in [0, 0.1) is 0 Å². The van der Waals surface area contributed by atoms with Gasteiger partial charge in [0, 0.05) is 4.88 Å². The van der Waals surface area contributed by atoms with Gasteiger partial charge in [0.1, 0.15) is 6.04 Å². The predicted octanol–water partition coefficient (Wildman–Crippen LogP) is 2.77. The molecule has 0 fully saturated rings. The summed E-state index contributed by atoms with van der Waals surface area (Å²) in [7, 11) is 0. The zero-order valence-corrected chi connectivity index (χ0v) is 11.0. The summed E-state index contributed by atoms with van der Waals surface area (Å²) in [6.45, 7) is 0. The second-order valence-electron chi connectivity index (χ2n) is 4.18. The molecule has 2 aromatic heterocycles. The average molecular weight is 271 g/mol. The number of hydrogen-bond acceptors (Lipinski definition) is 5. The van der Waals surface area contributed by atoms with Crippen LogP contribution in [-0.4, -0.2) is 10.2 Å². The maximum absolute atomic E-state index is 6.11. The highest BCUT2D eigenvalue weighted by atomic mass is 32.1. The molecule has 0 saturated carbocycles. The Labute approximate surface area is 114 Å². The third-order valence-electron chi connectivity index (χ3n) is 2.81. The van der Waals surface area contributed by atoms with Gasteiger partial charge in [-0.15, -0.1) is 21.5 Å². The zero-order valence-electron chi connectivity index (χ0n) is 10.2. The summed E-state index contributed by atoms with van der Waals surface area (Å²) >= 11 is 1.67. The number of hydrogen-bond donors (Lipinski definition) is 1. The van der Waals surface area contributed by atoms with Crippen molar-refractivity contribution in [3.63, 3.8) is 0 Å². The summed E-state index contributed by atoms with van der Waals surface area (Å²) in [5.41, 5.74) is 7.08. The van der Waals surface area contributed by atoms with Crippen molar-refractivity contribution in [3.05, 3.63) is 70.1 Å². The lowest BCUT2D eigenvalue weighted by Crippen LogP contribution is -2.11. The first-order chi connectivity index (χ1) is 9.33. The van der Waals surface area contributed by atoms with Gasteiger partial charge in [0.2, 0.25) is 11.8 Å². The van der Waals surface area contributed by atoms with Crippen molar-refractivity contribution in [2.24, 2.45) is 5.73 Å². The van der Waals surface area contributed by atoms with E-state index in [1.807, 2.05) is 47.8 Å². The van der Waals surface area contributed by atoms with Crippen LogP contribution in [0.25, 0.3) is 0 Å². The normalized spacial score (nSPS) is 12.5. The highest BCUT2D eigenvalue weighted by molar-refractivity contribution is 7.09. The maximum atomic E-state index is 6.11. The second kappa shape index (κ2) is 5.34. The van der Waals surface area contributed by atoms with Crippen LogP contribution in [0.15, 0.2) is 52.3 Å². The maximum Gasteiger partial charge on any atom is 0.237 e. The molecule has 1 atom stereocenters. The molecule has 0 aliphatic carbocycles. The Bertz CT molecular complexity index is 634. The summed E-state index contributed by atoms with van der Waals surface area (Å²) in [5.74, 6) is 1.06. The second-order valence-corrected chi connectivity index (χ2v) is 5.21. The lowest BCUT2D eigenvalue weighted by Gasteiger charge is -2.06. The standard InChI is InChI=1S/C14H13N3OS/c15-13(10-5-2-1-3-6-10)14-17-16-12(18-14)9-11-7-4-8-19-11/h1-8,13H,9,15H2. The van der Waals surface area contributed by atoms with E-state index in [1.54, 1.807) is 11.3 Å². The lowest BCUT2D eigenvalue weighted by atomic mass is 10.1. The number of benzene rings is 1. The molecule has 4 nitrogen and oxygen atoms in total. The molecule has 19 heavy (non-hydrogen) atoms. The van der Waals surface area contributed by atoms with Gasteiger partial charge in [0.25, 0.3) is 0 Å². The Morgan fingerprint density at radius 1 is 1.11 bits per heavy atom. The van der Waals surface area contributed by atoms with Crippen molar-refractivity contribution in [2.75, 3.05) is 0 Å². The minimum Gasteiger partial charge on any atom is -0.423 e. The number of nitrogens with two attached hydrogens (primary N) is 1. The number of rotatable bonds is 4. The van der Waals surface area contributed by atoms with Crippen LogP contribution >= 0.6 is 11.3 Å². The van der Waals surface area contributed by atoms with Gasteiger partial charge >= 0.3 is 0 Å². The molecule has 0 aliphatic heterocycles. The molecule has 3 aromatic rings. The fraction of sp³-hybridized carbons (Fsp3) is 0.143. The summed E-state index contributed by atoms with van der Waals surface area (Å²) in [4.78, 5) is 1.20. The van der Waals surface area contributed by atoms with Gasteiger partial charge in [-0.3, -0.25) is 0 Å². The SMILES string of the molecule is NC(c1ccccc1)c1nnc(Cc2cccs2)o1. The fourth-order valence-corrected chi connectivity index (χ4v) is 2.52. The molecule has 0 bridgehead atoms. The van der Waals surface area contributed by atoms with Gasteiger partial charge in [-0.25, -0.2) is 0 Å². The quantitative estimate of drug-likeness (QED) is 0.792. The minimum atomic E-state index is -0.370. The van der Waals surface area contributed by atoms with E-state index in [0.717, 1.165) is 5.56 Å². The van der Waals surface area contributed by atoms with Crippen molar-refractivity contribution >= 4 is 11.3 Å². The Balaban J connectivity index is 1.78. The fourth-order valence-electron chi connectivity index (χ4n) is 1.83. The lowest BCUT2D eigenvalue weighted by molar-refractivity contribution is 0.442. The Kier molecular flexibility index (Phi) is 3.39. The molecule has 0 saturated heterocycles. The minimum absolute atomic E-state index is 0.370. The molecular formula is C14H13N3OS. The average Bonchev–Trinajstić information content (AvgIpc) is 3.11. The molecule has 0 spiro atoms. The third-order valence-corrected chi connectivity index (χ3v) is 3.69. The largest absolute Gasteiger partial charge is 0.423 e. The Morgan fingerprint density at radius 3 is 2.68 bits per heavy atom. The topological polar surface area (TPSA) is 64.9 Å². The van der Waals surface area contributed by atoms with Crippen molar-refractivity contribution in [1.29, 1.82) is 0 Å². The summed E-state index contributed by atoms with van der Waals surface area (Å²) < 4.78 is 5.63. The Morgan fingerprint density at radius 2 is 1.95 bits per heavy atom. The van der Waals surface area contributed by atoms with E-state index < -0.39 is 0 Å². The first-order valence-corrected chi connectivity index (χ1v) is 6.86. The van der Waals surface area contributed by atoms with Gasteiger partial charge in [0.15, 0.2) is 0 Å². The zero-order chi connectivity index (χ0) is 13.1. The molecule has 2 N–H and O–H groups in total. The van der Waals surface area contributed by atoms with Gasteiger partial charge < -0.3 is 10.2 Å². The molecule has 0 radical (unpaired) electrons. The van der Waals surface area contributed by atoms with Gasteiger partial charge in [-0.2, -0.15) is 0 Å². The highest BCUT2D eigenvalue weighted by Crippen LogP contribution is 2.20. The van der Waals surface area contributed by atoms with Crippen LogP contribution in [0.3, 0.4) is 0 Å². The van der Waals surface area contributed by atoms with E-state index in [2.05, 4.69) is 10.2 Å². The van der Waals surface area contributed by atoms with Crippen LogP contribution in [0.2, 0.25) is 0 Å². The van der Waals surface area contributed by atoms with E-state index in [4.69, 9.17) is 10.2 Å². The molecule has 96 valence electrons. The van der Waals surface area contributed by atoms with Crippen LogP contribution in [-0.2, 0) is 6.42 Å². The first-order valence-electron chi connectivity index (χ1n) is 5.98. The number of aromatic nitrogens is 2. The van der Waals surface area contributed by atoms with Gasteiger partial charge in [-0.1, -0.05) is 36.4 Å². The molecule has 3 rings (SSSR count).